The van der Waals surface area contributed by atoms with Crippen LogP contribution in [0.15, 0.2) is 60.7 Å². The first-order valence-electron chi connectivity index (χ1n) is 14.1. The standard InChI is InChI=1S/C34H39ClN2O4/c1-7-8-9-24-10-12-26(13-11-24)21(2)36-33(38)27-14-15-30-31(22(3)37(5)32(30)19-27)18-25-16-28(35)20-29(17-25)41-23(4)34(39)40-6/h10-17,19-21,23H,7-9,18H2,1-6H3,(H,36,38)/t21-,23+/m0/s1. The molecule has 216 valence electrons. The Balaban J connectivity index is 1.53. The van der Waals surface area contributed by atoms with Gasteiger partial charge in [0, 0.05) is 40.7 Å². The molecule has 7 heteroatoms. The summed E-state index contributed by atoms with van der Waals surface area (Å²) in [7, 11) is 3.34. The number of nitrogens with zero attached hydrogens (tertiary/aromatic N) is 1. The fourth-order valence-electron chi connectivity index (χ4n) is 5.14. The maximum atomic E-state index is 13.2. The zero-order chi connectivity index (χ0) is 29.7. The molecule has 0 aliphatic rings. The highest BCUT2D eigenvalue weighted by molar-refractivity contribution is 6.30. The molecular formula is C34H39ClN2O4. The van der Waals surface area contributed by atoms with E-state index in [1.807, 2.05) is 44.3 Å². The molecule has 1 heterocycles. The highest BCUT2D eigenvalue weighted by Gasteiger charge is 2.19. The number of esters is 1. The third-order valence-electron chi connectivity index (χ3n) is 7.69. The van der Waals surface area contributed by atoms with Crippen LogP contribution in [-0.2, 0) is 29.4 Å². The van der Waals surface area contributed by atoms with Crippen LogP contribution in [0.25, 0.3) is 10.9 Å². The lowest BCUT2D eigenvalue weighted by molar-refractivity contribution is -0.147. The van der Waals surface area contributed by atoms with E-state index in [2.05, 4.69) is 48.0 Å². The third-order valence-corrected chi connectivity index (χ3v) is 7.91. The van der Waals surface area contributed by atoms with Crippen LogP contribution >= 0.6 is 11.6 Å². The van der Waals surface area contributed by atoms with E-state index in [4.69, 9.17) is 21.1 Å². The van der Waals surface area contributed by atoms with E-state index >= 15 is 0 Å². The largest absolute Gasteiger partial charge is 0.479 e. The van der Waals surface area contributed by atoms with Crippen LogP contribution in [0, 0.1) is 6.92 Å². The minimum atomic E-state index is -0.747. The van der Waals surface area contributed by atoms with Gasteiger partial charge in [-0.3, -0.25) is 4.79 Å². The van der Waals surface area contributed by atoms with Gasteiger partial charge in [0.2, 0.25) is 0 Å². The van der Waals surface area contributed by atoms with Gasteiger partial charge in [0.25, 0.3) is 5.91 Å². The Morgan fingerprint density at radius 1 is 1.00 bits per heavy atom. The van der Waals surface area contributed by atoms with E-state index in [1.54, 1.807) is 13.0 Å². The molecule has 1 aromatic heterocycles. The first-order chi connectivity index (χ1) is 19.6. The van der Waals surface area contributed by atoms with E-state index < -0.39 is 12.1 Å². The molecule has 0 saturated heterocycles. The Morgan fingerprint density at radius 2 is 1.73 bits per heavy atom. The SMILES string of the molecule is CCCCc1ccc([C@H](C)NC(=O)c2ccc3c(Cc4cc(Cl)cc(O[C@H](C)C(=O)OC)c4)c(C)n(C)c3c2)cc1. The van der Waals surface area contributed by atoms with Crippen LogP contribution < -0.4 is 10.1 Å². The molecule has 1 N–H and O–H groups in total. The van der Waals surface area contributed by atoms with Crippen molar-refractivity contribution in [1.29, 1.82) is 0 Å². The van der Waals surface area contributed by atoms with Gasteiger partial charge in [-0.15, -0.1) is 0 Å². The number of ether oxygens (including phenoxy) is 2. The van der Waals surface area contributed by atoms with Gasteiger partial charge in [0.05, 0.1) is 13.2 Å². The summed E-state index contributed by atoms with van der Waals surface area (Å²) < 4.78 is 12.6. The number of aromatic nitrogens is 1. The van der Waals surface area contributed by atoms with E-state index in [0.29, 0.717) is 22.8 Å². The molecule has 6 nitrogen and oxygen atoms in total. The molecule has 0 fully saturated rings. The second kappa shape index (κ2) is 13.3. The number of halogens is 1. The van der Waals surface area contributed by atoms with E-state index in [1.165, 1.54) is 25.5 Å². The molecule has 4 aromatic rings. The predicted octanol–water partition coefficient (Wildman–Crippen LogP) is 7.50. The molecule has 41 heavy (non-hydrogen) atoms. The number of amides is 1. The first-order valence-corrected chi connectivity index (χ1v) is 14.5. The van der Waals surface area contributed by atoms with Crippen molar-refractivity contribution in [3.8, 4) is 5.75 Å². The topological polar surface area (TPSA) is 69.6 Å². The molecule has 0 saturated carbocycles. The lowest BCUT2D eigenvalue weighted by atomic mass is 10.0. The zero-order valence-electron chi connectivity index (χ0n) is 24.7. The highest BCUT2D eigenvalue weighted by Crippen LogP contribution is 2.31. The van der Waals surface area contributed by atoms with Crippen molar-refractivity contribution in [2.45, 2.75) is 65.5 Å². The second-order valence-corrected chi connectivity index (χ2v) is 11.1. The summed E-state index contributed by atoms with van der Waals surface area (Å²) in [6.45, 7) is 7.92. The van der Waals surface area contributed by atoms with Crippen LogP contribution in [0.1, 0.15) is 78.0 Å². The zero-order valence-corrected chi connectivity index (χ0v) is 25.5. The Morgan fingerprint density at radius 3 is 2.41 bits per heavy atom. The summed E-state index contributed by atoms with van der Waals surface area (Å²) in [6, 6.07) is 19.7. The number of carbonyl (C=O) groups excluding carboxylic acids is 2. The summed E-state index contributed by atoms with van der Waals surface area (Å²) in [4.78, 5) is 25.0. The van der Waals surface area contributed by atoms with Gasteiger partial charge in [-0.05, 0) is 86.2 Å². The van der Waals surface area contributed by atoms with Gasteiger partial charge in [0.15, 0.2) is 6.10 Å². The monoisotopic (exact) mass is 574 g/mol. The van der Waals surface area contributed by atoms with E-state index in [9.17, 15) is 9.59 Å². The number of aryl methyl sites for hydroxylation is 2. The number of carbonyl (C=O) groups is 2. The molecule has 4 rings (SSSR count). The van der Waals surface area contributed by atoms with Gasteiger partial charge in [0.1, 0.15) is 5.75 Å². The minimum Gasteiger partial charge on any atom is -0.479 e. The van der Waals surface area contributed by atoms with E-state index in [0.717, 1.165) is 39.7 Å². The third kappa shape index (κ3) is 7.12. The first kappa shape index (κ1) is 30.2. The van der Waals surface area contributed by atoms with E-state index in [-0.39, 0.29) is 11.9 Å². The highest BCUT2D eigenvalue weighted by atomic mass is 35.5. The average molecular weight is 575 g/mol. The minimum absolute atomic E-state index is 0.105. The van der Waals surface area contributed by atoms with Crippen molar-refractivity contribution in [3.63, 3.8) is 0 Å². The fourth-order valence-corrected chi connectivity index (χ4v) is 5.38. The van der Waals surface area contributed by atoms with Crippen molar-refractivity contribution in [2.75, 3.05) is 7.11 Å². The Bertz CT molecular complexity index is 1540. The molecular weight excluding hydrogens is 536 g/mol. The lowest BCUT2D eigenvalue weighted by Crippen LogP contribution is -2.26. The van der Waals surface area contributed by atoms with Gasteiger partial charge < -0.3 is 19.4 Å². The normalized spacial score (nSPS) is 12.7. The molecule has 0 radical (unpaired) electrons. The summed E-state index contributed by atoms with van der Waals surface area (Å²) in [5.41, 5.74) is 7.20. The van der Waals surface area contributed by atoms with Crippen LogP contribution in [0.5, 0.6) is 5.75 Å². The van der Waals surface area contributed by atoms with Gasteiger partial charge >= 0.3 is 5.97 Å². The smallest absolute Gasteiger partial charge is 0.346 e. The van der Waals surface area contributed by atoms with Crippen molar-refractivity contribution in [2.24, 2.45) is 7.05 Å². The number of unbranched alkanes of at least 4 members (excludes halogenated alkanes) is 1. The summed E-state index contributed by atoms with van der Waals surface area (Å²) in [5, 5.41) is 4.75. The van der Waals surface area contributed by atoms with Crippen LogP contribution in [0.3, 0.4) is 0 Å². The number of nitrogens with one attached hydrogen (secondary N) is 1. The number of hydrogen-bond acceptors (Lipinski definition) is 4. The Labute approximate surface area is 247 Å². The number of fused-ring (bicyclic) bond motifs is 1. The number of benzene rings is 3. The van der Waals surface area contributed by atoms with Crippen LogP contribution in [-0.4, -0.2) is 29.7 Å². The van der Waals surface area contributed by atoms with Crippen molar-refractivity contribution >= 4 is 34.4 Å². The maximum Gasteiger partial charge on any atom is 0.346 e. The van der Waals surface area contributed by atoms with Crippen molar-refractivity contribution in [3.05, 3.63) is 99.2 Å². The van der Waals surface area contributed by atoms with Crippen LogP contribution in [0.2, 0.25) is 5.02 Å². The second-order valence-electron chi connectivity index (χ2n) is 10.7. The van der Waals surface area contributed by atoms with Crippen molar-refractivity contribution < 1.29 is 19.1 Å². The lowest BCUT2D eigenvalue weighted by Gasteiger charge is -2.15. The molecule has 1 amide bonds. The van der Waals surface area contributed by atoms with Crippen molar-refractivity contribution in [1.82, 2.24) is 9.88 Å². The maximum absolute atomic E-state index is 13.2. The molecule has 0 spiro atoms. The molecule has 2 atom stereocenters. The van der Waals surface area contributed by atoms with Crippen LogP contribution in [0.4, 0.5) is 0 Å². The molecule has 0 aliphatic heterocycles. The predicted molar refractivity (Wildman–Crippen MR) is 165 cm³/mol. The molecule has 0 bridgehead atoms. The number of methoxy groups -OCH3 is 1. The van der Waals surface area contributed by atoms with Gasteiger partial charge in [-0.2, -0.15) is 0 Å². The molecule has 0 aliphatic carbocycles. The summed E-state index contributed by atoms with van der Waals surface area (Å²) >= 11 is 6.40. The Kier molecular flexibility index (Phi) is 9.77. The number of rotatable bonds is 11. The Hall–Kier alpha value is -3.77. The number of hydrogen-bond donors (Lipinski definition) is 1. The van der Waals surface area contributed by atoms with Gasteiger partial charge in [-0.1, -0.05) is 55.3 Å². The summed E-state index contributed by atoms with van der Waals surface area (Å²) in [6.07, 6.45) is 3.30. The molecule has 3 aromatic carbocycles. The quantitative estimate of drug-likeness (QED) is 0.188. The summed E-state index contributed by atoms with van der Waals surface area (Å²) in [5.74, 6) is -0.0517. The molecule has 0 unspecified atom stereocenters. The fraction of sp³-hybridized carbons (Fsp3) is 0.353. The average Bonchev–Trinajstić information content (AvgIpc) is 3.19. The van der Waals surface area contributed by atoms with Gasteiger partial charge in [-0.25, -0.2) is 4.79 Å².